The van der Waals surface area contributed by atoms with E-state index in [2.05, 4.69) is 0 Å². The molecule has 0 aliphatic rings. The van der Waals surface area contributed by atoms with E-state index in [0.29, 0.717) is 19.3 Å². The van der Waals surface area contributed by atoms with Crippen LogP contribution >= 0.6 is 0 Å². The van der Waals surface area contributed by atoms with Gasteiger partial charge in [-0.25, -0.2) is 0 Å². The molecular weight excluding hydrogens is 291 g/mol. The van der Waals surface area contributed by atoms with Crippen molar-refractivity contribution >= 4 is 0 Å². The van der Waals surface area contributed by atoms with Gasteiger partial charge in [-0.2, -0.15) is 0 Å². The van der Waals surface area contributed by atoms with Gasteiger partial charge in [0.1, 0.15) is 0 Å². The molecule has 0 spiro atoms. The Bertz CT molecular complexity index is 358. The van der Waals surface area contributed by atoms with E-state index in [1.54, 1.807) is 0 Å². The summed E-state index contributed by atoms with van der Waals surface area (Å²) in [4.78, 5) is 0. The van der Waals surface area contributed by atoms with Crippen molar-refractivity contribution in [3.05, 3.63) is 0 Å². The minimum atomic E-state index is -7.54. The van der Waals surface area contributed by atoms with E-state index in [0.717, 1.165) is 19.3 Å². The third-order valence-corrected chi connectivity index (χ3v) is 5.94. The molecule has 0 saturated heterocycles. The van der Waals surface area contributed by atoms with Crippen molar-refractivity contribution in [3.8, 4) is 0 Å². The Balaban J connectivity index is 4.85. The van der Waals surface area contributed by atoms with E-state index >= 15 is 0 Å². The zero-order valence-corrected chi connectivity index (χ0v) is 13.7. The fourth-order valence-corrected chi connectivity index (χ4v) is 4.04. The van der Waals surface area contributed by atoms with Crippen molar-refractivity contribution in [1.82, 2.24) is 0 Å². The molecule has 1 N–H and O–H groups in total. The Morgan fingerprint density at radius 2 is 1.00 bits per heavy atom. The minimum absolute atomic E-state index is 0.141. The monoisotopic (exact) mass is 319 g/mol. The summed E-state index contributed by atoms with van der Waals surface area (Å²) in [6, 6.07) is 0. The van der Waals surface area contributed by atoms with Gasteiger partial charge in [0.2, 0.25) is 0 Å². The fourth-order valence-electron chi connectivity index (χ4n) is 1.31. The molecule has 0 aliphatic heterocycles. The molecular formula is C12H28O6V. The fraction of sp³-hybridized carbons (Fsp3) is 1.00. The van der Waals surface area contributed by atoms with Crippen LogP contribution in [0, 0.1) is 0 Å². The summed E-state index contributed by atoms with van der Waals surface area (Å²) in [5.41, 5.74) is 0. The molecule has 19 heavy (non-hydrogen) atoms. The summed E-state index contributed by atoms with van der Waals surface area (Å²) >= 11 is -7.54. The first-order chi connectivity index (χ1) is 8.71. The van der Waals surface area contributed by atoms with E-state index in [1.165, 1.54) is 0 Å². The van der Waals surface area contributed by atoms with Gasteiger partial charge in [-0.3, -0.25) is 0 Å². The van der Waals surface area contributed by atoms with Crippen molar-refractivity contribution in [2.75, 3.05) is 19.8 Å². The Hall–Kier alpha value is 0.0244. The Kier molecular flexibility index (Phi) is 7.16. The van der Waals surface area contributed by atoms with Crippen LogP contribution in [0.3, 0.4) is 0 Å². The molecule has 0 aromatic heterocycles. The van der Waals surface area contributed by atoms with Crippen LogP contribution in [0.15, 0.2) is 0 Å². The third kappa shape index (κ3) is 8.02. The van der Waals surface area contributed by atoms with E-state index in [9.17, 15) is 11.4 Å². The first-order valence-electron chi connectivity index (χ1n) is 7.10. The van der Waals surface area contributed by atoms with Crippen molar-refractivity contribution in [1.29, 1.82) is 0 Å². The molecule has 0 saturated carbocycles. The molecule has 0 rings (SSSR count). The second-order valence-corrected chi connectivity index (χ2v) is 9.53. The van der Waals surface area contributed by atoms with E-state index in [4.69, 9.17) is 11.0 Å². The van der Waals surface area contributed by atoms with Crippen molar-refractivity contribution in [2.24, 2.45) is 0 Å². The molecule has 7 heteroatoms. The van der Waals surface area contributed by atoms with Crippen LogP contribution < -0.4 is 0 Å². The van der Waals surface area contributed by atoms with Crippen LogP contribution in [0.25, 0.3) is 0 Å². The first kappa shape index (κ1) is 19.0. The molecule has 0 aromatic rings. The summed E-state index contributed by atoms with van der Waals surface area (Å²) in [5.74, 6) is 0. The van der Waals surface area contributed by atoms with Gasteiger partial charge in [0.05, 0.1) is 0 Å². The molecule has 0 bridgehead atoms. The van der Waals surface area contributed by atoms with E-state index in [1.807, 2.05) is 20.8 Å². The molecule has 0 aliphatic carbocycles. The van der Waals surface area contributed by atoms with Gasteiger partial charge in [0.25, 0.3) is 0 Å². The SMILES string of the molecule is CCCC[O][V](=[O])(=[O])([OH])([O]CCCC)[O]CCCC. The molecule has 0 atom stereocenters. The maximum atomic E-state index is 12.4. The Morgan fingerprint density at radius 3 is 1.21 bits per heavy atom. The summed E-state index contributed by atoms with van der Waals surface area (Å²) in [5, 5.41) is 0. The van der Waals surface area contributed by atoms with Gasteiger partial charge < -0.3 is 0 Å². The molecule has 6 nitrogen and oxygen atoms in total. The molecule has 0 fully saturated rings. The summed E-state index contributed by atoms with van der Waals surface area (Å²) in [6.45, 7) is 5.24. The molecule has 0 aromatic carbocycles. The summed E-state index contributed by atoms with van der Waals surface area (Å²) in [7, 11) is 0. The van der Waals surface area contributed by atoms with Gasteiger partial charge in [0.15, 0.2) is 0 Å². The first-order valence-corrected chi connectivity index (χ1v) is 10.6. The quantitative estimate of drug-likeness (QED) is 0.557. The average molecular weight is 319 g/mol. The summed E-state index contributed by atoms with van der Waals surface area (Å²) in [6.07, 6.45) is 3.73. The van der Waals surface area contributed by atoms with Gasteiger partial charge >= 0.3 is 115 Å². The molecule has 117 valence electrons. The predicted molar refractivity (Wildman–Crippen MR) is 66.2 cm³/mol. The van der Waals surface area contributed by atoms with Crippen LogP contribution in [0.2, 0.25) is 0 Å². The Morgan fingerprint density at radius 1 is 0.737 bits per heavy atom. The van der Waals surface area contributed by atoms with Crippen LogP contribution in [0.4, 0.5) is 0 Å². The molecule has 0 unspecified atom stereocenters. The second-order valence-electron chi connectivity index (χ2n) is 4.71. The number of hydrogen-bond donors (Lipinski definition) is 1. The van der Waals surface area contributed by atoms with Gasteiger partial charge in [-0.15, -0.1) is 0 Å². The number of rotatable bonds is 12. The van der Waals surface area contributed by atoms with Crippen molar-refractivity contribution < 1.29 is 35.4 Å². The second kappa shape index (κ2) is 7.15. The van der Waals surface area contributed by atoms with Crippen molar-refractivity contribution in [3.63, 3.8) is 0 Å². The summed E-state index contributed by atoms with van der Waals surface area (Å²) < 4.78 is 48.9. The number of hydrogen-bond acceptors (Lipinski definition) is 5. The third-order valence-electron chi connectivity index (χ3n) is 2.57. The van der Waals surface area contributed by atoms with Gasteiger partial charge in [-0.05, 0) is 0 Å². The zero-order valence-electron chi connectivity index (χ0n) is 12.3. The van der Waals surface area contributed by atoms with E-state index < -0.39 is 13.1 Å². The van der Waals surface area contributed by atoms with Crippen molar-refractivity contribution in [2.45, 2.75) is 59.3 Å². The van der Waals surface area contributed by atoms with Crippen LogP contribution in [0.1, 0.15) is 59.3 Å². The van der Waals surface area contributed by atoms with Crippen LogP contribution in [-0.4, -0.2) is 23.9 Å². The predicted octanol–water partition coefficient (Wildman–Crippen LogP) is 3.01. The number of unbranched alkanes of at least 4 members (excludes halogenated alkanes) is 3. The van der Waals surface area contributed by atoms with Crippen LogP contribution in [-0.2, 0) is 31.4 Å². The van der Waals surface area contributed by atoms with Gasteiger partial charge in [0, 0.05) is 0 Å². The van der Waals surface area contributed by atoms with Crippen LogP contribution in [0.5, 0.6) is 0 Å². The van der Waals surface area contributed by atoms with Gasteiger partial charge in [-0.1, -0.05) is 0 Å². The molecule has 0 heterocycles. The Labute approximate surface area is 115 Å². The molecule has 0 amide bonds. The van der Waals surface area contributed by atoms with E-state index in [-0.39, 0.29) is 19.8 Å². The topological polar surface area (TPSA) is 82.1 Å². The molecule has 0 radical (unpaired) electrons. The average Bonchev–Trinajstić information content (AvgIpc) is 2.29. The zero-order chi connectivity index (χ0) is 14.9. The maximum absolute atomic E-state index is 12.4. The standard InChI is InChI=1S/3C4H9O.H2O.2O.V/c3*1-2-3-4-5;;;;/h3*2-4H2,1H3;1H2;;;/q3*-1;;;;+4/p-1. The normalized spacial score (nSPS) is 16.0.